The Morgan fingerprint density at radius 3 is 2.03 bits per heavy atom. The lowest BCUT2D eigenvalue weighted by atomic mass is 9.88. The summed E-state index contributed by atoms with van der Waals surface area (Å²) in [7, 11) is 0. The number of hydrogen-bond acceptors (Lipinski definition) is 14. The van der Waals surface area contributed by atoms with E-state index >= 15 is 0 Å². The molecular weight excluding hydrogens is 524 g/mol. The summed E-state index contributed by atoms with van der Waals surface area (Å²) in [5.74, 6) is -4.36. The molecule has 0 aromatic heterocycles. The molecule has 3 aliphatic rings. The molecule has 0 unspecified atom stereocenters. The molecule has 0 bridgehead atoms. The quantitative estimate of drug-likeness (QED) is 0.229. The van der Waals surface area contributed by atoms with Gasteiger partial charge in [-0.3, -0.25) is 24.0 Å². The Balaban J connectivity index is 1.88. The van der Waals surface area contributed by atoms with Crippen molar-refractivity contribution in [1.29, 1.82) is 0 Å². The highest BCUT2D eigenvalue weighted by Crippen LogP contribution is 2.42. The first kappa shape index (κ1) is 30.1. The lowest BCUT2D eigenvalue weighted by Gasteiger charge is -2.44. The third kappa shape index (κ3) is 7.77. The van der Waals surface area contributed by atoms with Crippen LogP contribution in [0, 0.1) is 11.8 Å². The Morgan fingerprint density at radius 1 is 0.821 bits per heavy atom. The van der Waals surface area contributed by atoms with Gasteiger partial charge in [0.25, 0.3) is 0 Å². The van der Waals surface area contributed by atoms with Crippen molar-refractivity contribution in [3.63, 3.8) is 0 Å². The van der Waals surface area contributed by atoms with Gasteiger partial charge in [-0.05, 0) is 17.7 Å². The van der Waals surface area contributed by atoms with E-state index in [1.165, 1.54) is 20.1 Å². The fraction of sp³-hybridized carbons (Fsp3) is 0.640. The highest BCUT2D eigenvalue weighted by Gasteiger charge is 2.53. The van der Waals surface area contributed by atoms with Gasteiger partial charge in [0.15, 0.2) is 18.5 Å². The van der Waals surface area contributed by atoms with Crippen molar-refractivity contribution in [3.05, 3.63) is 24.0 Å². The molecule has 0 aromatic rings. The normalized spacial score (nSPS) is 33.1. The van der Waals surface area contributed by atoms with Crippen molar-refractivity contribution in [2.24, 2.45) is 11.8 Å². The number of aliphatic hydroxyl groups is 1. The molecule has 1 saturated heterocycles. The number of hydrogen-bond donors (Lipinski definition) is 1. The molecule has 14 heteroatoms. The Bertz CT molecular complexity index is 1020. The molecule has 9 atom stereocenters. The topological polar surface area (TPSA) is 179 Å². The maximum atomic E-state index is 11.8. The SMILES string of the molecule is CC(=O)OCC1=C[C@@H](OC(C)=O)[C@@H]2C=CO[C@@H](O[C@@H]3O[C@H](COC(C)=O)[C@@H](OC(C)=O)[C@H](OC(C)=O)[C@H]3O)[C@@H]12. The van der Waals surface area contributed by atoms with E-state index in [2.05, 4.69) is 0 Å². The van der Waals surface area contributed by atoms with Crippen LogP contribution < -0.4 is 0 Å². The van der Waals surface area contributed by atoms with Gasteiger partial charge in [-0.25, -0.2) is 0 Å². The van der Waals surface area contributed by atoms with Crippen molar-refractivity contribution in [3.8, 4) is 0 Å². The van der Waals surface area contributed by atoms with Gasteiger partial charge in [-0.15, -0.1) is 0 Å². The van der Waals surface area contributed by atoms with Crippen molar-refractivity contribution >= 4 is 29.8 Å². The smallest absolute Gasteiger partial charge is 0.303 e. The van der Waals surface area contributed by atoms with Gasteiger partial charge in [0.05, 0.1) is 12.2 Å². The van der Waals surface area contributed by atoms with Gasteiger partial charge in [0.2, 0.25) is 6.29 Å². The molecule has 1 fully saturated rings. The average Bonchev–Trinajstić information content (AvgIpc) is 3.18. The average molecular weight is 557 g/mol. The number of rotatable bonds is 9. The molecule has 0 aromatic carbocycles. The molecule has 0 radical (unpaired) electrons. The first-order valence-corrected chi connectivity index (χ1v) is 12.2. The number of carbonyl (C=O) groups excluding carboxylic acids is 5. The molecule has 1 N–H and O–H groups in total. The Morgan fingerprint density at radius 2 is 1.44 bits per heavy atom. The van der Waals surface area contributed by atoms with Gasteiger partial charge in [0, 0.05) is 40.5 Å². The molecule has 2 heterocycles. The van der Waals surface area contributed by atoms with E-state index in [0.29, 0.717) is 5.57 Å². The highest BCUT2D eigenvalue weighted by atomic mass is 16.8. The third-order valence-electron chi connectivity index (χ3n) is 6.09. The zero-order valence-corrected chi connectivity index (χ0v) is 22.1. The first-order chi connectivity index (χ1) is 18.4. The molecule has 39 heavy (non-hydrogen) atoms. The molecule has 0 spiro atoms. The Kier molecular flexibility index (Phi) is 10.1. The molecule has 1 aliphatic carbocycles. The van der Waals surface area contributed by atoms with E-state index in [9.17, 15) is 29.1 Å². The molecule has 2 aliphatic heterocycles. The van der Waals surface area contributed by atoms with Gasteiger partial charge in [0.1, 0.15) is 31.5 Å². The first-order valence-electron chi connectivity index (χ1n) is 12.2. The highest BCUT2D eigenvalue weighted by molar-refractivity contribution is 5.68. The van der Waals surface area contributed by atoms with E-state index in [1.807, 2.05) is 0 Å². The standard InChI is InChI=1S/C25H32O14/c1-11(26)33-9-16-8-18(35-13(3)28)17-6-7-32-24(20(16)17)39-25-21(31)23(37-15(5)30)22(36-14(4)29)19(38-25)10-34-12(2)27/h6-8,17-25,31H,9-10H2,1-5H3/t17-,18+,19+,20-,21+,22+,23+,24-,25-/m0/s1. The second kappa shape index (κ2) is 13.0. The van der Waals surface area contributed by atoms with Crippen LogP contribution in [0.1, 0.15) is 34.6 Å². The molecule has 0 amide bonds. The van der Waals surface area contributed by atoms with E-state index in [4.69, 9.17) is 37.9 Å². The summed E-state index contributed by atoms with van der Waals surface area (Å²) in [6.07, 6.45) is -4.41. The van der Waals surface area contributed by atoms with Gasteiger partial charge < -0.3 is 43.0 Å². The second-order valence-electron chi connectivity index (χ2n) is 9.15. The number of fused-ring (bicyclic) bond motifs is 1. The van der Waals surface area contributed by atoms with Crippen molar-refractivity contribution in [1.82, 2.24) is 0 Å². The zero-order valence-electron chi connectivity index (χ0n) is 22.1. The lowest BCUT2D eigenvalue weighted by Crippen LogP contribution is -2.62. The monoisotopic (exact) mass is 556 g/mol. The van der Waals surface area contributed by atoms with Gasteiger partial charge >= 0.3 is 29.8 Å². The maximum Gasteiger partial charge on any atom is 0.303 e. The number of ether oxygens (including phenoxy) is 8. The van der Waals surface area contributed by atoms with E-state index in [1.54, 1.807) is 12.2 Å². The van der Waals surface area contributed by atoms with E-state index in [0.717, 1.165) is 20.8 Å². The van der Waals surface area contributed by atoms with Crippen LogP contribution in [0.25, 0.3) is 0 Å². The van der Waals surface area contributed by atoms with E-state index < -0.39 is 91.4 Å². The predicted octanol–water partition coefficient (Wildman–Crippen LogP) is 0.0525. The molecule has 0 saturated carbocycles. The summed E-state index contributed by atoms with van der Waals surface area (Å²) < 4.78 is 43.6. The fourth-order valence-electron chi connectivity index (χ4n) is 4.65. The largest absolute Gasteiger partial charge is 0.472 e. The van der Waals surface area contributed by atoms with E-state index in [-0.39, 0.29) is 6.61 Å². The minimum Gasteiger partial charge on any atom is -0.472 e. The summed E-state index contributed by atoms with van der Waals surface area (Å²) in [5, 5.41) is 11.1. The summed E-state index contributed by atoms with van der Waals surface area (Å²) in [6, 6.07) is 0. The van der Waals surface area contributed by atoms with Crippen LogP contribution in [-0.2, 0) is 61.9 Å². The fourth-order valence-corrected chi connectivity index (χ4v) is 4.65. The minimum atomic E-state index is -1.67. The maximum absolute atomic E-state index is 11.8. The van der Waals surface area contributed by atoms with Crippen LogP contribution in [0.3, 0.4) is 0 Å². The van der Waals surface area contributed by atoms with Gasteiger partial charge in [-0.2, -0.15) is 0 Å². The second-order valence-corrected chi connectivity index (χ2v) is 9.15. The summed E-state index contributed by atoms with van der Waals surface area (Å²) in [4.78, 5) is 58.2. The van der Waals surface area contributed by atoms with Crippen LogP contribution in [-0.4, -0.2) is 91.3 Å². The summed E-state index contributed by atoms with van der Waals surface area (Å²) in [6.45, 7) is 5.32. The minimum absolute atomic E-state index is 0.140. The Hall–Kier alpha value is -3.49. The predicted molar refractivity (Wildman–Crippen MR) is 125 cm³/mol. The van der Waals surface area contributed by atoms with Crippen LogP contribution in [0.4, 0.5) is 0 Å². The number of esters is 5. The third-order valence-corrected chi connectivity index (χ3v) is 6.09. The number of aliphatic hydroxyl groups excluding tert-OH is 1. The van der Waals surface area contributed by atoms with Crippen molar-refractivity contribution in [2.75, 3.05) is 13.2 Å². The summed E-state index contributed by atoms with van der Waals surface area (Å²) in [5.41, 5.74) is 0.534. The molecule has 216 valence electrons. The molecule has 14 nitrogen and oxygen atoms in total. The van der Waals surface area contributed by atoms with Crippen LogP contribution in [0.2, 0.25) is 0 Å². The van der Waals surface area contributed by atoms with Crippen LogP contribution in [0.15, 0.2) is 24.0 Å². The van der Waals surface area contributed by atoms with Crippen molar-refractivity contribution < 1.29 is 67.0 Å². The molecule has 3 rings (SSSR count). The van der Waals surface area contributed by atoms with Crippen molar-refractivity contribution in [2.45, 2.75) is 77.7 Å². The summed E-state index contributed by atoms with van der Waals surface area (Å²) >= 11 is 0. The van der Waals surface area contributed by atoms with Crippen LogP contribution in [0.5, 0.6) is 0 Å². The zero-order chi connectivity index (χ0) is 28.9. The van der Waals surface area contributed by atoms with Crippen LogP contribution >= 0.6 is 0 Å². The molecular formula is C25H32O14. The Labute approximate surface area is 224 Å². The lowest BCUT2D eigenvalue weighted by molar-refractivity contribution is -0.341. The van der Waals surface area contributed by atoms with Gasteiger partial charge in [-0.1, -0.05) is 0 Å². The number of carbonyl (C=O) groups is 5.